The van der Waals surface area contributed by atoms with Crippen LogP contribution < -0.4 is 0 Å². The first-order valence-corrected chi connectivity index (χ1v) is 10.7. The molecular formula is C25H30N2O. The number of hydrogen-bond acceptors (Lipinski definition) is 1. The zero-order valence-electron chi connectivity index (χ0n) is 16.8. The monoisotopic (exact) mass is 374 g/mol. The van der Waals surface area contributed by atoms with Gasteiger partial charge in [-0.3, -0.25) is 4.79 Å². The van der Waals surface area contributed by atoms with Gasteiger partial charge in [0.2, 0.25) is 5.91 Å². The van der Waals surface area contributed by atoms with Crippen molar-refractivity contribution in [3.63, 3.8) is 0 Å². The highest BCUT2D eigenvalue weighted by molar-refractivity contribution is 5.84. The fraction of sp³-hybridized carbons (Fsp3) is 0.400. The molecule has 146 valence electrons. The highest BCUT2D eigenvalue weighted by atomic mass is 16.2. The van der Waals surface area contributed by atoms with E-state index in [2.05, 4.69) is 59.0 Å². The Balaban J connectivity index is 1.39. The lowest BCUT2D eigenvalue weighted by Crippen LogP contribution is -2.38. The number of hydrogen-bond donors (Lipinski definition) is 0. The minimum absolute atomic E-state index is 0.302. The fourth-order valence-electron chi connectivity index (χ4n) is 4.52. The topological polar surface area (TPSA) is 25.2 Å². The van der Waals surface area contributed by atoms with Crippen molar-refractivity contribution >= 4 is 16.8 Å². The van der Waals surface area contributed by atoms with Gasteiger partial charge in [-0.2, -0.15) is 0 Å². The van der Waals surface area contributed by atoms with Gasteiger partial charge in [-0.25, -0.2) is 0 Å². The van der Waals surface area contributed by atoms with Crippen LogP contribution in [0.1, 0.15) is 49.7 Å². The molecule has 1 fully saturated rings. The molecule has 0 bridgehead atoms. The molecule has 1 amide bonds. The van der Waals surface area contributed by atoms with Gasteiger partial charge in [0.05, 0.1) is 0 Å². The van der Waals surface area contributed by atoms with E-state index in [-0.39, 0.29) is 0 Å². The van der Waals surface area contributed by atoms with Gasteiger partial charge in [0.15, 0.2) is 0 Å². The minimum atomic E-state index is 0.302. The lowest BCUT2D eigenvalue weighted by Gasteiger charge is -2.32. The standard InChI is InChI=1S/C25H30N2O/c1-2-16-27-19-23(22-10-6-7-11-24(22)27)21-14-17-26(18-15-21)25(28)13-12-20-8-4-3-5-9-20/h3-11,19,21H,2,12-18H2,1H3. The zero-order valence-corrected chi connectivity index (χ0v) is 16.8. The molecule has 0 radical (unpaired) electrons. The maximum Gasteiger partial charge on any atom is 0.222 e. The summed E-state index contributed by atoms with van der Waals surface area (Å²) in [5, 5.41) is 1.39. The molecule has 0 saturated carbocycles. The van der Waals surface area contributed by atoms with Crippen molar-refractivity contribution in [2.75, 3.05) is 13.1 Å². The van der Waals surface area contributed by atoms with E-state index in [0.29, 0.717) is 18.2 Å². The van der Waals surface area contributed by atoms with Gasteiger partial charge in [-0.05, 0) is 48.8 Å². The summed E-state index contributed by atoms with van der Waals surface area (Å²) < 4.78 is 2.40. The normalized spacial score (nSPS) is 15.2. The number of fused-ring (bicyclic) bond motifs is 1. The molecule has 0 N–H and O–H groups in total. The van der Waals surface area contributed by atoms with E-state index < -0.39 is 0 Å². The van der Waals surface area contributed by atoms with Crippen molar-refractivity contribution in [1.29, 1.82) is 0 Å². The van der Waals surface area contributed by atoms with Gasteiger partial charge >= 0.3 is 0 Å². The first-order chi connectivity index (χ1) is 13.8. The largest absolute Gasteiger partial charge is 0.347 e. The number of piperidine rings is 1. The second-order valence-corrected chi connectivity index (χ2v) is 7.94. The number of benzene rings is 2. The molecule has 2 heterocycles. The summed E-state index contributed by atoms with van der Waals surface area (Å²) in [6.07, 6.45) is 7.10. The quantitative estimate of drug-likeness (QED) is 0.568. The Bertz CT molecular complexity index is 920. The van der Waals surface area contributed by atoms with E-state index in [1.165, 1.54) is 22.0 Å². The lowest BCUT2D eigenvalue weighted by atomic mass is 9.89. The summed E-state index contributed by atoms with van der Waals surface area (Å²) in [7, 11) is 0. The number of aryl methyl sites for hydroxylation is 2. The number of amides is 1. The summed E-state index contributed by atoms with van der Waals surface area (Å²) in [4.78, 5) is 14.7. The summed E-state index contributed by atoms with van der Waals surface area (Å²) >= 11 is 0. The average molecular weight is 375 g/mol. The zero-order chi connectivity index (χ0) is 19.3. The Hall–Kier alpha value is -2.55. The summed E-state index contributed by atoms with van der Waals surface area (Å²) in [5.41, 5.74) is 4.07. The molecule has 0 aliphatic carbocycles. The van der Waals surface area contributed by atoms with Gasteiger partial charge in [0, 0.05) is 43.2 Å². The first kappa shape index (κ1) is 18.8. The molecular weight excluding hydrogens is 344 g/mol. The summed E-state index contributed by atoms with van der Waals surface area (Å²) in [6.45, 7) is 5.06. The Morgan fingerprint density at radius 3 is 2.46 bits per heavy atom. The van der Waals surface area contributed by atoms with E-state index in [1.807, 2.05) is 18.2 Å². The molecule has 0 unspecified atom stereocenters. The minimum Gasteiger partial charge on any atom is -0.347 e. The predicted octanol–water partition coefficient (Wildman–Crippen LogP) is 5.39. The van der Waals surface area contributed by atoms with Gasteiger partial charge in [0.25, 0.3) is 0 Å². The number of likely N-dealkylation sites (tertiary alicyclic amines) is 1. The number of rotatable bonds is 6. The fourth-order valence-corrected chi connectivity index (χ4v) is 4.52. The second-order valence-electron chi connectivity index (χ2n) is 7.94. The molecule has 3 aromatic rings. The molecule has 1 aliphatic heterocycles. The van der Waals surface area contributed by atoms with Crippen molar-refractivity contribution in [2.45, 2.75) is 51.5 Å². The van der Waals surface area contributed by atoms with Crippen molar-refractivity contribution in [3.8, 4) is 0 Å². The van der Waals surface area contributed by atoms with Crippen LogP contribution >= 0.6 is 0 Å². The van der Waals surface area contributed by atoms with E-state index in [4.69, 9.17) is 0 Å². The molecule has 4 rings (SSSR count). The lowest BCUT2D eigenvalue weighted by molar-refractivity contribution is -0.132. The van der Waals surface area contributed by atoms with E-state index in [9.17, 15) is 4.79 Å². The van der Waals surface area contributed by atoms with E-state index >= 15 is 0 Å². The average Bonchev–Trinajstić information content (AvgIpc) is 3.12. The van der Waals surface area contributed by atoms with Crippen molar-refractivity contribution in [2.24, 2.45) is 0 Å². The number of para-hydroxylation sites is 1. The molecule has 3 nitrogen and oxygen atoms in total. The van der Waals surface area contributed by atoms with Crippen LogP contribution in [0.3, 0.4) is 0 Å². The third kappa shape index (κ3) is 3.99. The van der Waals surface area contributed by atoms with Crippen LogP contribution in [0.15, 0.2) is 60.8 Å². The molecule has 3 heteroatoms. The van der Waals surface area contributed by atoms with Crippen molar-refractivity contribution < 1.29 is 4.79 Å². The Morgan fingerprint density at radius 2 is 1.71 bits per heavy atom. The SMILES string of the molecule is CCCn1cc(C2CCN(C(=O)CCc3ccccc3)CC2)c2ccccc21. The Labute approximate surface area is 168 Å². The van der Waals surface area contributed by atoms with Gasteiger partial charge in [-0.1, -0.05) is 55.5 Å². The van der Waals surface area contributed by atoms with Crippen LogP contribution in [0, 0.1) is 0 Å². The molecule has 0 atom stereocenters. The Kier molecular flexibility index (Phi) is 5.80. The van der Waals surface area contributed by atoms with Crippen LogP contribution in [0.2, 0.25) is 0 Å². The maximum atomic E-state index is 12.6. The highest BCUT2D eigenvalue weighted by Crippen LogP contribution is 2.34. The highest BCUT2D eigenvalue weighted by Gasteiger charge is 2.25. The number of nitrogens with zero attached hydrogens (tertiary/aromatic N) is 2. The van der Waals surface area contributed by atoms with Crippen LogP contribution in [-0.2, 0) is 17.8 Å². The maximum absolute atomic E-state index is 12.6. The van der Waals surface area contributed by atoms with E-state index in [1.54, 1.807) is 0 Å². The van der Waals surface area contributed by atoms with Gasteiger partial charge in [-0.15, -0.1) is 0 Å². The number of carbonyl (C=O) groups excluding carboxylic acids is 1. The summed E-state index contributed by atoms with van der Waals surface area (Å²) in [5.74, 6) is 0.858. The van der Waals surface area contributed by atoms with Gasteiger partial charge in [0.1, 0.15) is 0 Å². The first-order valence-electron chi connectivity index (χ1n) is 10.7. The third-order valence-corrected chi connectivity index (χ3v) is 6.04. The molecule has 0 spiro atoms. The number of carbonyl (C=O) groups is 1. The number of aromatic nitrogens is 1. The van der Waals surface area contributed by atoms with Crippen molar-refractivity contribution in [3.05, 3.63) is 71.9 Å². The third-order valence-electron chi connectivity index (χ3n) is 6.04. The molecule has 1 saturated heterocycles. The smallest absolute Gasteiger partial charge is 0.222 e. The molecule has 1 aliphatic rings. The second kappa shape index (κ2) is 8.64. The van der Waals surface area contributed by atoms with Crippen LogP contribution in [-0.4, -0.2) is 28.5 Å². The van der Waals surface area contributed by atoms with Crippen molar-refractivity contribution in [1.82, 2.24) is 9.47 Å². The van der Waals surface area contributed by atoms with Crippen LogP contribution in [0.5, 0.6) is 0 Å². The Morgan fingerprint density at radius 1 is 1.00 bits per heavy atom. The molecule has 1 aromatic heterocycles. The van der Waals surface area contributed by atoms with Gasteiger partial charge < -0.3 is 9.47 Å². The molecule has 2 aromatic carbocycles. The summed E-state index contributed by atoms with van der Waals surface area (Å²) in [6, 6.07) is 19.1. The van der Waals surface area contributed by atoms with Crippen LogP contribution in [0.4, 0.5) is 0 Å². The predicted molar refractivity (Wildman–Crippen MR) is 116 cm³/mol. The molecule has 28 heavy (non-hydrogen) atoms. The van der Waals surface area contributed by atoms with Crippen LogP contribution in [0.25, 0.3) is 10.9 Å². The van der Waals surface area contributed by atoms with E-state index in [0.717, 1.165) is 45.3 Å².